The molecule has 0 aromatic rings. The van der Waals surface area contributed by atoms with Gasteiger partial charge in [0.25, 0.3) is 0 Å². The molecule has 1 saturated carbocycles. The van der Waals surface area contributed by atoms with Gasteiger partial charge in [-0.05, 0) is 49.1 Å². The molecule has 2 nitrogen and oxygen atoms in total. The van der Waals surface area contributed by atoms with E-state index in [0.717, 1.165) is 12.5 Å². The molecule has 0 aromatic heterocycles. The Morgan fingerprint density at radius 3 is 2.77 bits per heavy atom. The molecule has 0 aromatic carbocycles. The highest BCUT2D eigenvalue weighted by Gasteiger charge is 2.27. The Balaban J connectivity index is 1.70. The largest absolute Gasteiger partial charge is 0.395 e. The third kappa shape index (κ3) is 2.86. The van der Waals surface area contributed by atoms with Crippen molar-refractivity contribution < 1.29 is 5.11 Å². The summed E-state index contributed by atoms with van der Waals surface area (Å²) in [6.45, 7) is 1.45. The SMILES string of the molecule is OCC(NCC1CC1)C1CCSC1. The standard InChI is InChI=1S/C10H19NOS/c12-6-10(9-3-4-13-7-9)11-5-8-1-2-8/h8-12H,1-7H2. The second-order valence-corrected chi connectivity index (χ2v) is 5.41. The fourth-order valence-corrected chi connectivity index (χ4v) is 3.23. The van der Waals surface area contributed by atoms with Crippen LogP contribution in [0.25, 0.3) is 0 Å². The summed E-state index contributed by atoms with van der Waals surface area (Å²) in [4.78, 5) is 0. The zero-order valence-electron chi connectivity index (χ0n) is 8.04. The lowest BCUT2D eigenvalue weighted by molar-refractivity contribution is 0.205. The molecule has 76 valence electrons. The fraction of sp³-hybridized carbons (Fsp3) is 1.00. The van der Waals surface area contributed by atoms with Crippen molar-refractivity contribution in [3.8, 4) is 0 Å². The molecule has 2 atom stereocenters. The number of rotatable bonds is 5. The topological polar surface area (TPSA) is 32.3 Å². The van der Waals surface area contributed by atoms with Gasteiger partial charge in [0, 0.05) is 6.04 Å². The van der Waals surface area contributed by atoms with Gasteiger partial charge in [-0.3, -0.25) is 0 Å². The summed E-state index contributed by atoms with van der Waals surface area (Å²) in [7, 11) is 0. The quantitative estimate of drug-likeness (QED) is 0.698. The van der Waals surface area contributed by atoms with Crippen LogP contribution < -0.4 is 5.32 Å². The molecule has 2 fully saturated rings. The van der Waals surface area contributed by atoms with Gasteiger partial charge in [-0.1, -0.05) is 0 Å². The molecule has 13 heavy (non-hydrogen) atoms. The first-order chi connectivity index (χ1) is 6.40. The van der Waals surface area contributed by atoms with Gasteiger partial charge in [0.1, 0.15) is 0 Å². The molecular weight excluding hydrogens is 182 g/mol. The van der Waals surface area contributed by atoms with Gasteiger partial charge >= 0.3 is 0 Å². The van der Waals surface area contributed by atoms with Crippen molar-refractivity contribution in [1.29, 1.82) is 0 Å². The minimum absolute atomic E-state index is 0.317. The lowest BCUT2D eigenvalue weighted by Gasteiger charge is -2.21. The average molecular weight is 201 g/mol. The average Bonchev–Trinajstić information content (AvgIpc) is 2.81. The lowest BCUT2D eigenvalue weighted by atomic mass is 10.00. The highest BCUT2D eigenvalue weighted by molar-refractivity contribution is 7.99. The van der Waals surface area contributed by atoms with Crippen LogP contribution in [0.2, 0.25) is 0 Å². The summed E-state index contributed by atoms with van der Waals surface area (Å²) in [5.41, 5.74) is 0. The van der Waals surface area contributed by atoms with Crippen LogP contribution in [0.3, 0.4) is 0 Å². The van der Waals surface area contributed by atoms with Crippen LogP contribution in [-0.4, -0.2) is 35.8 Å². The summed E-state index contributed by atoms with van der Waals surface area (Å²) in [6.07, 6.45) is 4.07. The summed E-state index contributed by atoms with van der Waals surface area (Å²) in [6, 6.07) is 0.371. The number of hydrogen-bond donors (Lipinski definition) is 2. The van der Waals surface area contributed by atoms with Crippen molar-refractivity contribution in [3.05, 3.63) is 0 Å². The van der Waals surface area contributed by atoms with Crippen LogP contribution in [0.1, 0.15) is 19.3 Å². The van der Waals surface area contributed by atoms with Crippen molar-refractivity contribution >= 4 is 11.8 Å². The Kier molecular flexibility index (Phi) is 3.52. The monoisotopic (exact) mass is 201 g/mol. The number of aliphatic hydroxyl groups excluding tert-OH is 1. The van der Waals surface area contributed by atoms with E-state index in [0.29, 0.717) is 18.6 Å². The maximum atomic E-state index is 9.25. The Bertz CT molecular complexity index is 155. The van der Waals surface area contributed by atoms with Crippen molar-refractivity contribution in [2.45, 2.75) is 25.3 Å². The molecule has 1 heterocycles. The molecule has 2 aliphatic rings. The molecule has 2 N–H and O–H groups in total. The third-order valence-electron chi connectivity index (χ3n) is 3.10. The van der Waals surface area contributed by atoms with Gasteiger partial charge < -0.3 is 10.4 Å². The summed E-state index contributed by atoms with van der Waals surface area (Å²) in [5, 5.41) is 12.8. The summed E-state index contributed by atoms with van der Waals surface area (Å²) < 4.78 is 0. The molecular formula is C10H19NOS. The molecule has 2 rings (SSSR count). The number of hydrogen-bond acceptors (Lipinski definition) is 3. The molecule has 1 aliphatic heterocycles. The third-order valence-corrected chi connectivity index (χ3v) is 4.28. The van der Waals surface area contributed by atoms with E-state index in [9.17, 15) is 5.11 Å². The van der Waals surface area contributed by atoms with Gasteiger partial charge in [0.15, 0.2) is 0 Å². The van der Waals surface area contributed by atoms with Crippen LogP contribution in [0.15, 0.2) is 0 Å². The Hall–Kier alpha value is 0.270. The zero-order valence-corrected chi connectivity index (χ0v) is 8.85. The number of thioether (sulfide) groups is 1. The second kappa shape index (κ2) is 4.67. The first-order valence-corrected chi connectivity index (χ1v) is 6.47. The van der Waals surface area contributed by atoms with E-state index >= 15 is 0 Å². The lowest BCUT2D eigenvalue weighted by Crippen LogP contribution is -2.40. The van der Waals surface area contributed by atoms with Crippen LogP contribution in [0, 0.1) is 11.8 Å². The molecule has 3 heteroatoms. The van der Waals surface area contributed by atoms with Crippen molar-refractivity contribution in [2.75, 3.05) is 24.7 Å². The minimum atomic E-state index is 0.317. The summed E-state index contributed by atoms with van der Waals surface area (Å²) >= 11 is 2.02. The molecule has 1 aliphatic carbocycles. The van der Waals surface area contributed by atoms with E-state index in [4.69, 9.17) is 0 Å². The first-order valence-electron chi connectivity index (χ1n) is 5.32. The maximum Gasteiger partial charge on any atom is 0.0587 e. The molecule has 0 radical (unpaired) electrons. The minimum Gasteiger partial charge on any atom is -0.395 e. The molecule has 2 unspecified atom stereocenters. The van der Waals surface area contributed by atoms with E-state index < -0.39 is 0 Å². The van der Waals surface area contributed by atoms with E-state index in [-0.39, 0.29) is 0 Å². The Labute approximate surface area is 84.5 Å². The van der Waals surface area contributed by atoms with Gasteiger partial charge in [-0.25, -0.2) is 0 Å². The van der Waals surface area contributed by atoms with E-state index in [1.54, 1.807) is 0 Å². The molecule has 1 saturated heterocycles. The fourth-order valence-electron chi connectivity index (χ4n) is 1.89. The van der Waals surface area contributed by atoms with Gasteiger partial charge in [-0.15, -0.1) is 0 Å². The molecule has 0 bridgehead atoms. The van der Waals surface area contributed by atoms with E-state index in [2.05, 4.69) is 5.32 Å². The molecule has 0 amide bonds. The van der Waals surface area contributed by atoms with E-state index in [1.165, 1.54) is 30.8 Å². The summed E-state index contributed by atoms with van der Waals surface area (Å²) in [5.74, 6) is 4.16. The number of aliphatic hydroxyl groups is 1. The maximum absolute atomic E-state index is 9.25. The smallest absolute Gasteiger partial charge is 0.0587 e. The van der Waals surface area contributed by atoms with Crippen molar-refractivity contribution in [2.24, 2.45) is 11.8 Å². The predicted molar refractivity (Wildman–Crippen MR) is 57.0 cm³/mol. The van der Waals surface area contributed by atoms with Crippen molar-refractivity contribution in [3.63, 3.8) is 0 Å². The normalized spacial score (nSPS) is 30.7. The van der Waals surface area contributed by atoms with Crippen LogP contribution in [0.4, 0.5) is 0 Å². The van der Waals surface area contributed by atoms with Gasteiger partial charge in [0.2, 0.25) is 0 Å². The van der Waals surface area contributed by atoms with Gasteiger partial charge in [-0.2, -0.15) is 11.8 Å². The number of nitrogens with one attached hydrogen (secondary N) is 1. The zero-order chi connectivity index (χ0) is 9.10. The molecule has 0 spiro atoms. The second-order valence-electron chi connectivity index (χ2n) is 4.26. The first kappa shape index (κ1) is 9.81. The van der Waals surface area contributed by atoms with Crippen LogP contribution >= 0.6 is 11.8 Å². The Morgan fingerprint density at radius 2 is 2.23 bits per heavy atom. The van der Waals surface area contributed by atoms with Crippen molar-refractivity contribution in [1.82, 2.24) is 5.32 Å². The van der Waals surface area contributed by atoms with E-state index in [1.807, 2.05) is 11.8 Å². The van der Waals surface area contributed by atoms with Crippen LogP contribution in [-0.2, 0) is 0 Å². The van der Waals surface area contributed by atoms with Gasteiger partial charge in [0.05, 0.1) is 6.61 Å². The van der Waals surface area contributed by atoms with Crippen LogP contribution in [0.5, 0.6) is 0 Å². The predicted octanol–water partition coefficient (Wildman–Crippen LogP) is 1.10. The highest BCUT2D eigenvalue weighted by Crippen LogP contribution is 2.29. The Morgan fingerprint density at radius 1 is 1.38 bits per heavy atom. The highest BCUT2D eigenvalue weighted by atomic mass is 32.2.